The van der Waals surface area contributed by atoms with Gasteiger partial charge in [-0.25, -0.2) is 14.1 Å². The number of sulfonamides is 1. The Balaban J connectivity index is 1.77. The number of amides is 1. The van der Waals surface area contributed by atoms with Gasteiger partial charge in [0.2, 0.25) is 5.56 Å². The minimum absolute atomic E-state index is 0.0375. The molecule has 2 N–H and O–H groups in total. The van der Waals surface area contributed by atoms with Gasteiger partial charge < -0.3 is 14.6 Å². The summed E-state index contributed by atoms with van der Waals surface area (Å²) in [6.07, 6.45) is 0.844. The standard InChI is InChI=1S/C28H33FN4O5S/c1-17(2)16-38-21-14-19(13-20(29)15-21)23-10-9-22(26(30-23)33-12-11-18(3)28(33,4)5)27(35)32-39(36,37)25-8-6-7-24(34)31-25/h6-10,13-15,17-18H,11-12,16H2,1-5H3,(H,31,34)(H,32,35). The lowest BCUT2D eigenvalue weighted by Gasteiger charge is -2.36. The molecule has 4 rings (SSSR count). The summed E-state index contributed by atoms with van der Waals surface area (Å²) in [4.78, 5) is 34.0. The molecule has 39 heavy (non-hydrogen) atoms. The molecular formula is C28H33FN4O5S. The number of hydrogen-bond acceptors (Lipinski definition) is 7. The molecule has 1 unspecified atom stereocenters. The van der Waals surface area contributed by atoms with Crippen LogP contribution in [0, 0.1) is 17.7 Å². The van der Waals surface area contributed by atoms with E-state index in [9.17, 15) is 22.4 Å². The highest BCUT2D eigenvalue weighted by atomic mass is 32.2. The zero-order valence-corrected chi connectivity index (χ0v) is 23.4. The smallest absolute Gasteiger partial charge is 0.279 e. The van der Waals surface area contributed by atoms with E-state index >= 15 is 0 Å². The molecule has 0 spiro atoms. The van der Waals surface area contributed by atoms with Crippen LogP contribution >= 0.6 is 0 Å². The van der Waals surface area contributed by atoms with Crippen LogP contribution in [0.15, 0.2) is 58.4 Å². The van der Waals surface area contributed by atoms with Gasteiger partial charge in [-0.05, 0) is 62.4 Å². The summed E-state index contributed by atoms with van der Waals surface area (Å²) >= 11 is 0. The average Bonchev–Trinajstić information content (AvgIpc) is 3.13. The number of hydrogen-bond donors (Lipinski definition) is 2. The van der Waals surface area contributed by atoms with Crippen molar-refractivity contribution in [3.05, 3.63) is 70.3 Å². The Labute approximate surface area is 227 Å². The first-order chi connectivity index (χ1) is 18.3. The summed E-state index contributed by atoms with van der Waals surface area (Å²) in [5.41, 5.74) is -0.104. The van der Waals surface area contributed by atoms with Crippen molar-refractivity contribution in [2.24, 2.45) is 11.8 Å². The number of nitrogens with zero attached hydrogens (tertiary/aromatic N) is 2. The molecule has 0 saturated carbocycles. The fourth-order valence-corrected chi connectivity index (χ4v) is 5.43. The molecule has 2 aromatic heterocycles. The molecule has 11 heteroatoms. The van der Waals surface area contributed by atoms with Crippen LogP contribution in [-0.2, 0) is 10.0 Å². The van der Waals surface area contributed by atoms with Crippen LogP contribution in [0.3, 0.4) is 0 Å². The van der Waals surface area contributed by atoms with Crippen LogP contribution in [0.1, 0.15) is 51.4 Å². The van der Waals surface area contributed by atoms with E-state index in [0.717, 1.165) is 6.42 Å². The molecule has 3 heterocycles. The Hall–Kier alpha value is -3.73. The van der Waals surface area contributed by atoms with Gasteiger partial charge in [0, 0.05) is 29.8 Å². The van der Waals surface area contributed by atoms with E-state index in [1.54, 1.807) is 12.1 Å². The number of H-pyrrole nitrogens is 1. The molecule has 9 nitrogen and oxygen atoms in total. The van der Waals surface area contributed by atoms with Gasteiger partial charge in [0.1, 0.15) is 17.4 Å². The van der Waals surface area contributed by atoms with E-state index in [4.69, 9.17) is 9.72 Å². The van der Waals surface area contributed by atoms with Crippen LogP contribution in [-0.4, -0.2) is 43.0 Å². The predicted octanol–water partition coefficient (Wildman–Crippen LogP) is 4.35. The zero-order valence-electron chi connectivity index (χ0n) is 22.6. The van der Waals surface area contributed by atoms with Gasteiger partial charge in [-0.2, -0.15) is 8.42 Å². The number of aromatic amines is 1. The summed E-state index contributed by atoms with van der Waals surface area (Å²) in [5.74, 6) is -0.225. The minimum Gasteiger partial charge on any atom is -0.493 e. The molecule has 1 saturated heterocycles. The van der Waals surface area contributed by atoms with E-state index in [2.05, 4.69) is 11.9 Å². The lowest BCUT2D eigenvalue weighted by molar-refractivity contribution is 0.0981. The largest absolute Gasteiger partial charge is 0.493 e. The topological polar surface area (TPSA) is 121 Å². The number of ether oxygens (including phenoxy) is 1. The highest BCUT2D eigenvalue weighted by Crippen LogP contribution is 2.39. The molecule has 1 aromatic carbocycles. The fourth-order valence-electron chi connectivity index (χ4n) is 4.47. The maximum absolute atomic E-state index is 14.5. The number of halogens is 1. The SMILES string of the molecule is CC(C)COc1cc(F)cc(-c2ccc(C(=O)NS(=O)(=O)c3cccc(=O)[nH]3)c(N3CCC(C)C3(C)C)n2)c1. The highest BCUT2D eigenvalue weighted by molar-refractivity contribution is 7.90. The third-order valence-corrected chi connectivity index (χ3v) is 8.34. The second-order valence-electron chi connectivity index (χ2n) is 10.8. The molecular weight excluding hydrogens is 523 g/mol. The first kappa shape index (κ1) is 28.3. The molecule has 0 bridgehead atoms. The van der Waals surface area contributed by atoms with Gasteiger partial charge in [0.15, 0.2) is 5.03 Å². The molecule has 208 valence electrons. The van der Waals surface area contributed by atoms with E-state index in [0.29, 0.717) is 30.2 Å². The van der Waals surface area contributed by atoms with Crippen molar-refractivity contribution >= 4 is 21.7 Å². The van der Waals surface area contributed by atoms with Crippen LogP contribution < -0.4 is 19.9 Å². The van der Waals surface area contributed by atoms with Gasteiger partial charge >= 0.3 is 0 Å². The second-order valence-corrected chi connectivity index (χ2v) is 12.4. The molecule has 3 aromatic rings. The molecule has 0 radical (unpaired) electrons. The van der Waals surface area contributed by atoms with Crippen molar-refractivity contribution in [2.75, 3.05) is 18.1 Å². The predicted molar refractivity (Wildman–Crippen MR) is 147 cm³/mol. The van der Waals surface area contributed by atoms with Crippen LogP contribution in [0.5, 0.6) is 5.75 Å². The number of carbonyl (C=O) groups is 1. The Bertz CT molecular complexity index is 1550. The first-order valence-corrected chi connectivity index (χ1v) is 14.2. The zero-order chi connectivity index (χ0) is 28.5. The third kappa shape index (κ3) is 6.13. The Morgan fingerprint density at radius 1 is 1.23 bits per heavy atom. The van der Waals surface area contributed by atoms with Gasteiger partial charge in [-0.15, -0.1) is 0 Å². The monoisotopic (exact) mass is 556 g/mol. The molecule has 1 amide bonds. The maximum atomic E-state index is 14.5. The van der Waals surface area contributed by atoms with Gasteiger partial charge in [-0.1, -0.05) is 26.8 Å². The van der Waals surface area contributed by atoms with E-state index in [1.807, 2.05) is 37.3 Å². The van der Waals surface area contributed by atoms with E-state index in [1.165, 1.54) is 36.4 Å². The maximum Gasteiger partial charge on any atom is 0.279 e. The van der Waals surface area contributed by atoms with Crippen molar-refractivity contribution in [3.8, 4) is 17.0 Å². The lowest BCUT2D eigenvalue weighted by Crippen LogP contribution is -2.43. The second kappa shape index (κ2) is 10.8. The highest BCUT2D eigenvalue weighted by Gasteiger charge is 2.41. The van der Waals surface area contributed by atoms with Gasteiger partial charge in [0.05, 0.1) is 17.9 Å². The van der Waals surface area contributed by atoms with Crippen molar-refractivity contribution in [3.63, 3.8) is 0 Å². The number of pyridine rings is 2. The number of anilines is 1. The number of rotatable bonds is 8. The van der Waals surface area contributed by atoms with Crippen LogP contribution in [0.4, 0.5) is 10.2 Å². The quantitative estimate of drug-likeness (QED) is 0.423. The average molecular weight is 557 g/mol. The molecule has 0 aliphatic carbocycles. The normalized spacial score (nSPS) is 16.9. The Kier molecular flexibility index (Phi) is 7.83. The summed E-state index contributed by atoms with van der Waals surface area (Å²) in [6.45, 7) is 11.2. The number of aromatic nitrogens is 2. The minimum atomic E-state index is -4.36. The molecule has 1 aliphatic heterocycles. The van der Waals surface area contributed by atoms with Crippen LogP contribution in [0.25, 0.3) is 11.3 Å². The van der Waals surface area contributed by atoms with Gasteiger partial charge in [0.25, 0.3) is 15.9 Å². The van der Waals surface area contributed by atoms with Crippen molar-refractivity contribution in [2.45, 2.75) is 51.6 Å². The van der Waals surface area contributed by atoms with Crippen molar-refractivity contribution in [1.82, 2.24) is 14.7 Å². The van der Waals surface area contributed by atoms with Crippen molar-refractivity contribution in [1.29, 1.82) is 0 Å². The lowest BCUT2D eigenvalue weighted by atomic mass is 9.90. The number of nitrogens with one attached hydrogen (secondary N) is 2. The van der Waals surface area contributed by atoms with Crippen LogP contribution in [0.2, 0.25) is 0 Å². The summed E-state index contributed by atoms with van der Waals surface area (Å²) in [5, 5.41) is -0.432. The Morgan fingerprint density at radius 2 is 1.97 bits per heavy atom. The van der Waals surface area contributed by atoms with E-state index < -0.39 is 37.9 Å². The summed E-state index contributed by atoms with van der Waals surface area (Å²) in [7, 11) is -4.36. The van der Waals surface area contributed by atoms with E-state index in [-0.39, 0.29) is 23.2 Å². The molecule has 1 fully saturated rings. The molecule has 1 aliphatic rings. The summed E-state index contributed by atoms with van der Waals surface area (Å²) < 4.78 is 48.0. The Morgan fingerprint density at radius 3 is 2.62 bits per heavy atom. The number of carbonyl (C=O) groups excluding carboxylic acids is 1. The third-order valence-electron chi connectivity index (χ3n) is 7.07. The van der Waals surface area contributed by atoms with Gasteiger partial charge in [-0.3, -0.25) is 9.59 Å². The van der Waals surface area contributed by atoms with Crippen molar-refractivity contribution < 1.29 is 22.3 Å². The summed E-state index contributed by atoms with van der Waals surface area (Å²) in [6, 6.07) is 11.0. The fraction of sp³-hybridized carbons (Fsp3) is 0.393. The first-order valence-electron chi connectivity index (χ1n) is 12.8. The number of benzene rings is 1. The molecule has 1 atom stereocenters.